The molecule has 4 rings (SSSR count). The summed E-state index contributed by atoms with van der Waals surface area (Å²) in [6.07, 6.45) is 3.61. The predicted molar refractivity (Wildman–Crippen MR) is 102 cm³/mol. The summed E-state index contributed by atoms with van der Waals surface area (Å²) in [6.45, 7) is 1.76. The Kier molecular flexibility index (Phi) is 4.71. The number of nitrogens with zero attached hydrogens (tertiary/aromatic N) is 6. The summed E-state index contributed by atoms with van der Waals surface area (Å²) >= 11 is 5.71. The van der Waals surface area contributed by atoms with Crippen molar-refractivity contribution in [2.24, 2.45) is 7.05 Å². The van der Waals surface area contributed by atoms with Crippen LogP contribution in [0.3, 0.4) is 0 Å². The van der Waals surface area contributed by atoms with Crippen LogP contribution in [0.25, 0.3) is 22.2 Å². The summed E-state index contributed by atoms with van der Waals surface area (Å²) in [7, 11) is 1.74. The van der Waals surface area contributed by atoms with Gasteiger partial charge in [-0.25, -0.2) is 28.7 Å². The lowest BCUT2D eigenvalue weighted by Crippen LogP contribution is -2.08. The van der Waals surface area contributed by atoms with Crippen LogP contribution in [0.2, 0.25) is 5.02 Å². The number of halogens is 3. The van der Waals surface area contributed by atoms with Gasteiger partial charge in [0.1, 0.15) is 34.8 Å². The standard InChI is InChI=1S/C18H14ClF2N7O/c1-8(18-26-7-28(2)27-18)29-11-5-23-15(16-12(11)17(22)25-6-24-16)9-3-4-10(20)13(19)14(9)21/h3-8H,1-2H3,(H2,22,24,25)/t8-/m0/s1. The van der Waals surface area contributed by atoms with Crippen LogP contribution in [-0.2, 0) is 7.05 Å². The van der Waals surface area contributed by atoms with Crippen LogP contribution in [0.5, 0.6) is 5.75 Å². The van der Waals surface area contributed by atoms with Crippen molar-refractivity contribution in [3.05, 3.63) is 53.5 Å². The molecule has 0 saturated carbocycles. The van der Waals surface area contributed by atoms with Crippen molar-refractivity contribution in [1.82, 2.24) is 29.7 Å². The second-order valence-electron chi connectivity index (χ2n) is 6.21. The van der Waals surface area contributed by atoms with Crippen LogP contribution < -0.4 is 10.5 Å². The number of pyridine rings is 1. The molecule has 3 aromatic heterocycles. The first-order valence-corrected chi connectivity index (χ1v) is 8.80. The van der Waals surface area contributed by atoms with Crippen LogP contribution in [0.15, 0.2) is 31.0 Å². The summed E-state index contributed by atoms with van der Waals surface area (Å²) < 4.78 is 35.6. The molecule has 0 saturated heterocycles. The second-order valence-corrected chi connectivity index (χ2v) is 6.59. The molecule has 0 aliphatic heterocycles. The van der Waals surface area contributed by atoms with Crippen LogP contribution >= 0.6 is 11.6 Å². The molecule has 0 aliphatic rings. The van der Waals surface area contributed by atoms with Crippen molar-refractivity contribution < 1.29 is 13.5 Å². The number of nitrogen functional groups attached to an aromatic ring is 1. The first-order chi connectivity index (χ1) is 13.9. The number of nitrogens with two attached hydrogens (primary N) is 1. The Morgan fingerprint density at radius 2 is 1.97 bits per heavy atom. The Morgan fingerprint density at radius 1 is 1.17 bits per heavy atom. The van der Waals surface area contributed by atoms with Crippen molar-refractivity contribution in [3.8, 4) is 17.0 Å². The number of hydrogen-bond acceptors (Lipinski definition) is 7. The molecule has 4 aromatic rings. The summed E-state index contributed by atoms with van der Waals surface area (Å²) in [5.41, 5.74) is 6.38. The molecule has 2 N–H and O–H groups in total. The van der Waals surface area contributed by atoms with Crippen LogP contribution in [-0.4, -0.2) is 29.7 Å². The Morgan fingerprint density at radius 3 is 2.69 bits per heavy atom. The summed E-state index contributed by atoms with van der Waals surface area (Å²) in [4.78, 5) is 16.6. The Hall–Kier alpha value is -3.40. The van der Waals surface area contributed by atoms with Gasteiger partial charge in [0.15, 0.2) is 23.5 Å². The number of ether oxygens (including phenoxy) is 1. The zero-order valence-corrected chi connectivity index (χ0v) is 16.0. The average molecular weight is 418 g/mol. The van der Waals surface area contributed by atoms with Crippen LogP contribution in [0.4, 0.5) is 14.6 Å². The molecular weight excluding hydrogens is 404 g/mol. The third-order valence-electron chi connectivity index (χ3n) is 4.23. The Bertz CT molecular complexity index is 1230. The molecule has 8 nitrogen and oxygen atoms in total. The van der Waals surface area contributed by atoms with Gasteiger partial charge in [0.25, 0.3) is 0 Å². The van der Waals surface area contributed by atoms with Crippen molar-refractivity contribution in [1.29, 1.82) is 0 Å². The molecule has 0 unspecified atom stereocenters. The van der Waals surface area contributed by atoms with E-state index in [0.29, 0.717) is 11.2 Å². The monoisotopic (exact) mass is 417 g/mol. The first kappa shape index (κ1) is 18.9. The number of fused-ring (bicyclic) bond motifs is 1. The summed E-state index contributed by atoms with van der Waals surface area (Å²) in [6, 6.07) is 2.29. The van der Waals surface area contributed by atoms with Crippen molar-refractivity contribution in [2.45, 2.75) is 13.0 Å². The number of anilines is 1. The minimum atomic E-state index is -0.947. The maximum Gasteiger partial charge on any atom is 0.191 e. The number of aryl methyl sites for hydroxylation is 1. The highest BCUT2D eigenvalue weighted by Crippen LogP contribution is 2.37. The van der Waals surface area contributed by atoms with E-state index in [0.717, 1.165) is 6.07 Å². The van der Waals surface area contributed by atoms with Crippen molar-refractivity contribution in [3.63, 3.8) is 0 Å². The van der Waals surface area contributed by atoms with Gasteiger partial charge in [0.05, 0.1) is 17.3 Å². The molecule has 0 aliphatic carbocycles. The SMILES string of the molecule is C[C@H](Oc1cnc(-c2ccc(F)c(Cl)c2F)c2ncnc(N)c12)c1ncn(C)n1. The van der Waals surface area contributed by atoms with E-state index in [1.54, 1.807) is 25.0 Å². The highest BCUT2D eigenvalue weighted by Gasteiger charge is 2.22. The minimum absolute atomic E-state index is 0.0227. The highest BCUT2D eigenvalue weighted by molar-refractivity contribution is 6.31. The zero-order chi connectivity index (χ0) is 20.7. The third-order valence-corrected chi connectivity index (χ3v) is 4.58. The molecule has 0 amide bonds. The van der Waals surface area contributed by atoms with Crippen LogP contribution in [0, 0.1) is 11.6 Å². The lowest BCUT2D eigenvalue weighted by molar-refractivity contribution is 0.218. The summed E-state index contributed by atoms with van der Waals surface area (Å²) in [5, 5.41) is 3.91. The molecule has 0 radical (unpaired) electrons. The molecule has 3 heterocycles. The highest BCUT2D eigenvalue weighted by atomic mass is 35.5. The largest absolute Gasteiger partial charge is 0.480 e. The number of aromatic nitrogens is 6. The van der Waals surface area contributed by atoms with E-state index in [4.69, 9.17) is 22.1 Å². The number of benzene rings is 1. The molecule has 1 atom stereocenters. The lowest BCUT2D eigenvalue weighted by Gasteiger charge is -2.16. The van der Waals surface area contributed by atoms with Gasteiger partial charge in [-0.1, -0.05) is 11.6 Å². The van der Waals surface area contributed by atoms with Crippen LogP contribution in [0.1, 0.15) is 18.9 Å². The van der Waals surface area contributed by atoms with Crippen molar-refractivity contribution >= 4 is 28.3 Å². The smallest absolute Gasteiger partial charge is 0.191 e. The van der Waals surface area contributed by atoms with E-state index in [-0.39, 0.29) is 28.3 Å². The first-order valence-electron chi connectivity index (χ1n) is 8.42. The van der Waals surface area contributed by atoms with Gasteiger partial charge >= 0.3 is 0 Å². The van der Waals surface area contributed by atoms with Gasteiger partial charge in [-0.15, -0.1) is 0 Å². The fraction of sp³-hybridized carbons (Fsp3) is 0.167. The molecule has 0 fully saturated rings. The lowest BCUT2D eigenvalue weighted by atomic mass is 10.1. The Labute approximate surface area is 168 Å². The van der Waals surface area contributed by atoms with E-state index >= 15 is 0 Å². The number of hydrogen-bond donors (Lipinski definition) is 1. The number of rotatable bonds is 4. The maximum absolute atomic E-state index is 14.6. The zero-order valence-electron chi connectivity index (χ0n) is 15.3. The fourth-order valence-corrected chi connectivity index (χ4v) is 3.02. The van der Waals surface area contributed by atoms with Gasteiger partial charge in [-0.3, -0.25) is 4.68 Å². The third kappa shape index (κ3) is 3.31. The van der Waals surface area contributed by atoms with Gasteiger partial charge in [-0.2, -0.15) is 5.10 Å². The minimum Gasteiger partial charge on any atom is -0.480 e. The van der Waals surface area contributed by atoms with Gasteiger partial charge in [0.2, 0.25) is 0 Å². The average Bonchev–Trinajstić information content (AvgIpc) is 3.14. The van der Waals surface area contributed by atoms with E-state index in [9.17, 15) is 8.78 Å². The van der Waals surface area contributed by atoms with E-state index < -0.39 is 22.8 Å². The van der Waals surface area contributed by atoms with E-state index in [1.165, 1.54) is 18.6 Å². The van der Waals surface area contributed by atoms with Gasteiger partial charge < -0.3 is 10.5 Å². The maximum atomic E-state index is 14.6. The second kappa shape index (κ2) is 7.21. The molecular formula is C18H14ClF2N7O. The van der Waals surface area contributed by atoms with E-state index in [1.807, 2.05) is 0 Å². The molecule has 148 valence electrons. The molecule has 11 heteroatoms. The van der Waals surface area contributed by atoms with Crippen molar-refractivity contribution in [2.75, 3.05) is 5.73 Å². The van der Waals surface area contributed by atoms with E-state index in [2.05, 4.69) is 25.0 Å². The van der Waals surface area contributed by atoms with Gasteiger partial charge in [-0.05, 0) is 19.1 Å². The normalized spacial score (nSPS) is 12.3. The molecule has 0 bridgehead atoms. The fourth-order valence-electron chi connectivity index (χ4n) is 2.85. The quantitative estimate of drug-likeness (QED) is 0.507. The topological polar surface area (TPSA) is 105 Å². The predicted octanol–water partition coefficient (Wildman–Crippen LogP) is 3.47. The summed E-state index contributed by atoms with van der Waals surface area (Å²) in [5.74, 6) is -0.976. The molecule has 29 heavy (non-hydrogen) atoms. The van der Waals surface area contributed by atoms with Gasteiger partial charge in [0, 0.05) is 12.6 Å². The molecule has 0 spiro atoms. The molecule has 1 aromatic carbocycles. The Balaban J connectivity index is 1.86.